The Labute approximate surface area is 200 Å². The zero-order chi connectivity index (χ0) is 24.5. The average molecular weight is 471 g/mol. The van der Waals surface area contributed by atoms with E-state index in [0.717, 1.165) is 11.1 Å². The van der Waals surface area contributed by atoms with Gasteiger partial charge in [0.05, 0.1) is 24.9 Å². The lowest BCUT2D eigenvalue weighted by Gasteiger charge is -2.32. The molecule has 3 rings (SSSR count). The molecule has 8 nitrogen and oxygen atoms in total. The molecule has 1 aliphatic heterocycles. The summed E-state index contributed by atoms with van der Waals surface area (Å²) in [5.41, 5.74) is 1.73. The standard InChI is InChI=1S/C26H34N2O6/c1-17-25(19-11-7-5-8-12-19)33-23(31-3)16-22(30)28-18(2)26(20-13-9-6-10-14-20)34-24(32-4)15-21(29)27-17/h5-14,17-18,23-26H,15-16H2,1-4H3,(H,27,29)(H,28,30)/t17-,18-,23?,24?,25-,26-/m0/s1. The van der Waals surface area contributed by atoms with Crippen LogP contribution in [-0.2, 0) is 28.5 Å². The van der Waals surface area contributed by atoms with E-state index in [1.54, 1.807) is 0 Å². The maximum absolute atomic E-state index is 12.9. The fourth-order valence-corrected chi connectivity index (χ4v) is 4.04. The Kier molecular flexibility index (Phi) is 9.59. The van der Waals surface area contributed by atoms with Crippen LogP contribution in [0, 0.1) is 0 Å². The van der Waals surface area contributed by atoms with Crippen LogP contribution in [0.3, 0.4) is 0 Å². The monoisotopic (exact) mass is 470 g/mol. The molecule has 0 aromatic heterocycles. The van der Waals surface area contributed by atoms with Crippen molar-refractivity contribution in [2.45, 2.75) is 63.6 Å². The summed E-state index contributed by atoms with van der Waals surface area (Å²) in [6, 6.07) is 18.2. The van der Waals surface area contributed by atoms with Crippen molar-refractivity contribution in [3.05, 3.63) is 71.8 Å². The highest BCUT2D eigenvalue weighted by Crippen LogP contribution is 2.27. The molecule has 0 spiro atoms. The molecule has 2 unspecified atom stereocenters. The number of amides is 2. The predicted octanol–water partition coefficient (Wildman–Crippen LogP) is 3.25. The van der Waals surface area contributed by atoms with E-state index >= 15 is 0 Å². The third-order valence-corrected chi connectivity index (χ3v) is 5.77. The minimum atomic E-state index is -0.803. The largest absolute Gasteiger partial charge is 0.355 e. The molecular formula is C26H34N2O6. The number of nitrogens with one attached hydrogen (secondary N) is 2. The van der Waals surface area contributed by atoms with Gasteiger partial charge in [-0.25, -0.2) is 0 Å². The molecule has 2 aromatic rings. The highest BCUT2D eigenvalue weighted by atomic mass is 16.7. The van der Waals surface area contributed by atoms with Crippen LogP contribution in [-0.4, -0.2) is 50.7 Å². The molecule has 2 N–H and O–H groups in total. The first-order valence-electron chi connectivity index (χ1n) is 11.5. The Morgan fingerprint density at radius 1 is 0.676 bits per heavy atom. The van der Waals surface area contributed by atoms with E-state index in [1.807, 2.05) is 74.5 Å². The maximum Gasteiger partial charge on any atom is 0.225 e. The molecule has 0 saturated carbocycles. The van der Waals surface area contributed by atoms with E-state index in [2.05, 4.69) is 10.6 Å². The minimum absolute atomic E-state index is 0.0138. The van der Waals surface area contributed by atoms with Gasteiger partial charge in [0, 0.05) is 14.2 Å². The van der Waals surface area contributed by atoms with Crippen molar-refractivity contribution in [1.29, 1.82) is 0 Å². The molecule has 8 heteroatoms. The second-order valence-electron chi connectivity index (χ2n) is 8.39. The number of rotatable bonds is 4. The van der Waals surface area contributed by atoms with Crippen LogP contribution in [0.25, 0.3) is 0 Å². The molecule has 1 fully saturated rings. The van der Waals surface area contributed by atoms with Crippen LogP contribution < -0.4 is 10.6 Å². The molecule has 1 saturated heterocycles. The van der Waals surface area contributed by atoms with Gasteiger partial charge in [0.25, 0.3) is 0 Å². The Balaban J connectivity index is 1.90. The fourth-order valence-electron chi connectivity index (χ4n) is 4.04. The summed E-state index contributed by atoms with van der Waals surface area (Å²) in [5, 5.41) is 5.98. The SMILES string of the molecule is COC1CC(=O)N[C@@H](C)[C@@H](c2ccccc2)OC(OC)CC(=O)N[C@@H](C)[C@@H](c2ccccc2)O1. The van der Waals surface area contributed by atoms with Gasteiger partial charge in [0.2, 0.25) is 11.8 Å². The molecular weight excluding hydrogens is 436 g/mol. The van der Waals surface area contributed by atoms with Crippen molar-refractivity contribution in [3.8, 4) is 0 Å². The van der Waals surface area contributed by atoms with Gasteiger partial charge in [0.15, 0.2) is 12.6 Å². The van der Waals surface area contributed by atoms with E-state index in [0.29, 0.717) is 0 Å². The smallest absolute Gasteiger partial charge is 0.225 e. The Morgan fingerprint density at radius 2 is 1.03 bits per heavy atom. The van der Waals surface area contributed by atoms with E-state index in [4.69, 9.17) is 18.9 Å². The van der Waals surface area contributed by atoms with Gasteiger partial charge in [-0.05, 0) is 25.0 Å². The number of carbonyl (C=O) groups is 2. The first kappa shape index (κ1) is 25.8. The highest BCUT2D eigenvalue weighted by molar-refractivity contribution is 5.77. The summed E-state index contributed by atoms with van der Waals surface area (Å²) in [4.78, 5) is 25.8. The van der Waals surface area contributed by atoms with Crippen molar-refractivity contribution in [1.82, 2.24) is 10.6 Å². The Bertz CT molecular complexity index is 835. The van der Waals surface area contributed by atoms with Gasteiger partial charge in [-0.2, -0.15) is 0 Å². The molecule has 34 heavy (non-hydrogen) atoms. The summed E-state index contributed by atoms with van der Waals surface area (Å²) >= 11 is 0. The third-order valence-electron chi connectivity index (χ3n) is 5.77. The normalized spacial score (nSPS) is 29.5. The zero-order valence-electron chi connectivity index (χ0n) is 20.1. The number of ether oxygens (including phenoxy) is 4. The Morgan fingerprint density at radius 3 is 1.35 bits per heavy atom. The van der Waals surface area contributed by atoms with E-state index < -0.39 is 36.9 Å². The topological polar surface area (TPSA) is 95.1 Å². The van der Waals surface area contributed by atoms with Crippen molar-refractivity contribution in [2.24, 2.45) is 0 Å². The van der Waals surface area contributed by atoms with Gasteiger partial charge < -0.3 is 29.6 Å². The van der Waals surface area contributed by atoms with Gasteiger partial charge in [-0.1, -0.05) is 60.7 Å². The van der Waals surface area contributed by atoms with Gasteiger partial charge in [-0.3, -0.25) is 9.59 Å². The predicted molar refractivity (Wildman–Crippen MR) is 127 cm³/mol. The molecule has 0 aliphatic carbocycles. The third kappa shape index (κ3) is 7.11. The van der Waals surface area contributed by atoms with E-state index in [1.165, 1.54) is 14.2 Å². The minimum Gasteiger partial charge on any atom is -0.355 e. The molecule has 2 amide bonds. The van der Waals surface area contributed by atoms with Crippen molar-refractivity contribution in [2.75, 3.05) is 14.2 Å². The lowest BCUT2D eigenvalue weighted by atomic mass is 10.0. The van der Waals surface area contributed by atoms with Gasteiger partial charge in [0.1, 0.15) is 12.2 Å². The van der Waals surface area contributed by atoms with E-state index in [9.17, 15) is 9.59 Å². The zero-order valence-corrected chi connectivity index (χ0v) is 20.1. The van der Waals surface area contributed by atoms with Crippen molar-refractivity contribution < 1.29 is 28.5 Å². The van der Waals surface area contributed by atoms with Crippen LogP contribution in [0.1, 0.15) is 50.0 Å². The molecule has 0 bridgehead atoms. The molecule has 0 radical (unpaired) electrons. The summed E-state index contributed by atoms with van der Waals surface area (Å²) in [6.07, 6.45) is -2.69. The molecule has 1 aliphatic rings. The average Bonchev–Trinajstić information content (AvgIpc) is 2.84. The molecule has 184 valence electrons. The Hall–Kier alpha value is -2.78. The number of hydrogen-bond donors (Lipinski definition) is 2. The number of methoxy groups -OCH3 is 2. The first-order chi connectivity index (χ1) is 16.4. The lowest BCUT2D eigenvalue weighted by molar-refractivity contribution is -0.184. The number of benzene rings is 2. The van der Waals surface area contributed by atoms with Crippen LogP contribution >= 0.6 is 0 Å². The summed E-state index contributed by atoms with van der Waals surface area (Å²) in [6.45, 7) is 3.71. The highest BCUT2D eigenvalue weighted by Gasteiger charge is 2.31. The van der Waals surface area contributed by atoms with Crippen LogP contribution in [0.4, 0.5) is 0 Å². The second-order valence-corrected chi connectivity index (χ2v) is 8.39. The first-order valence-corrected chi connectivity index (χ1v) is 11.5. The molecule has 2 aromatic carbocycles. The second kappa shape index (κ2) is 12.6. The van der Waals surface area contributed by atoms with Crippen molar-refractivity contribution >= 4 is 11.8 Å². The quantitative estimate of drug-likeness (QED) is 0.712. The van der Waals surface area contributed by atoms with Crippen molar-refractivity contribution in [3.63, 3.8) is 0 Å². The number of carbonyl (C=O) groups excluding carboxylic acids is 2. The van der Waals surface area contributed by atoms with Gasteiger partial charge in [-0.15, -0.1) is 0 Å². The lowest BCUT2D eigenvalue weighted by Crippen LogP contribution is -2.45. The summed E-state index contributed by atoms with van der Waals surface area (Å²) in [5.74, 6) is -0.475. The number of hydrogen-bond acceptors (Lipinski definition) is 6. The molecule has 6 atom stereocenters. The fraction of sp³-hybridized carbons (Fsp3) is 0.462. The van der Waals surface area contributed by atoms with Gasteiger partial charge >= 0.3 is 0 Å². The summed E-state index contributed by atoms with van der Waals surface area (Å²) < 4.78 is 23.4. The molecule has 1 heterocycles. The van der Waals surface area contributed by atoms with Crippen LogP contribution in [0.15, 0.2) is 60.7 Å². The van der Waals surface area contributed by atoms with Crippen LogP contribution in [0.2, 0.25) is 0 Å². The maximum atomic E-state index is 12.9. The van der Waals surface area contributed by atoms with E-state index in [-0.39, 0.29) is 24.7 Å². The summed E-state index contributed by atoms with van der Waals surface area (Å²) in [7, 11) is 2.99. The van der Waals surface area contributed by atoms with Crippen LogP contribution in [0.5, 0.6) is 0 Å².